The van der Waals surface area contributed by atoms with Gasteiger partial charge in [0.25, 0.3) is 11.6 Å². The Bertz CT molecular complexity index is 522. The summed E-state index contributed by atoms with van der Waals surface area (Å²) in [4.78, 5) is 24.5. The molecule has 1 amide bonds. The highest BCUT2D eigenvalue weighted by Gasteiger charge is 2.30. The molecule has 0 aliphatic carbocycles. The Morgan fingerprint density at radius 1 is 1.55 bits per heavy atom. The summed E-state index contributed by atoms with van der Waals surface area (Å²) in [6.45, 7) is 3.55. The number of nitrogens with zero attached hydrogens (tertiary/aromatic N) is 2. The maximum Gasteiger partial charge on any atom is 0.282 e. The van der Waals surface area contributed by atoms with Crippen LogP contribution in [0.2, 0.25) is 0 Å². The Hall–Kier alpha value is -1.66. The van der Waals surface area contributed by atoms with Gasteiger partial charge in [-0.15, -0.1) is 12.4 Å². The lowest BCUT2D eigenvalue weighted by Gasteiger charge is -2.16. The van der Waals surface area contributed by atoms with Crippen LogP contribution in [0.5, 0.6) is 0 Å². The number of nitro groups is 1. The van der Waals surface area contributed by atoms with E-state index >= 15 is 0 Å². The van der Waals surface area contributed by atoms with E-state index < -0.39 is 4.92 Å². The van der Waals surface area contributed by atoms with E-state index in [1.54, 1.807) is 17.0 Å². The average molecular weight is 300 g/mol. The van der Waals surface area contributed by atoms with E-state index in [9.17, 15) is 14.9 Å². The average Bonchev–Trinajstić information content (AvgIpc) is 2.86. The predicted molar refractivity (Wildman–Crippen MR) is 78.1 cm³/mol. The van der Waals surface area contributed by atoms with E-state index in [2.05, 4.69) is 0 Å². The summed E-state index contributed by atoms with van der Waals surface area (Å²) >= 11 is 0. The van der Waals surface area contributed by atoms with Crippen molar-refractivity contribution in [3.63, 3.8) is 0 Å². The lowest BCUT2D eigenvalue weighted by Crippen LogP contribution is -2.30. The molecule has 2 N–H and O–H groups in total. The fraction of sp³-hybridized carbons (Fsp3) is 0.462. The second kappa shape index (κ2) is 6.67. The van der Waals surface area contributed by atoms with Crippen molar-refractivity contribution in [2.24, 2.45) is 11.7 Å². The Morgan fingerprint density at radius 2 is 2.25 bits per heavy atom. The summed E-state index contributed by atoms with van der Waals surface area (Å²) < 4.78 is 0. The smallest absolute Gasteiger partial charge is 0.282 e. The zero-order chi connectivity index (χ0) is 14.0. The van der Waals surface area contributed by atoms with Crippen LogP contribution < -0.4 is 5.73 Å². The third-order valence-electron chi connectivity index (χ3n) is 3.49. The SMILES string of the molecule is Cc1ccc([N+](=O)[O-])c(C(=O)N2CCC(CN)C2)c1.Cl. The molecular formula is C13H18ClN3O3. The fourth-order valence-corrected chi connectivity index (χ4v) is 2.36. The van der Waals surface area contributed by atoms with Crippen LogP contribution >= 0.6 is 12.4 Å². The quantitative estimate of drug-likeness (QED) is 0.680. The third-order valence-corrected chi connectivity index (χ3v) is 3.49. The van der Waals surface area contributed by atoms with Crippen LogP contribution in [-0.2, 0) is 0 Å². The number of carbonyl (C=O) groups excluding carboxylic acids is 1. The van der Waals surface area contributed by atoms with Gasteiger partial charge in [-0.25, -0.2) is 0 Å². The Kier molecular flexibility index (Phi) is 5.47. The summed E-state index contributed by atoms with van der Waals surface area (Å²) in [7, 11) is 0. The van der Waals surface area contributed by atoms with Crippen molar-refractivity contribution in [2.45, 2.75) is 13.3 Å². The largest absolute Gasteiger partial charge is 0.338 e. The molecular weight excluding hydrogens is 282 g/mol. The minimum atomic E-state index is -0.511. The van der Waals surface area contributed by atoms with Crippen molar-refractivity contribution in [3.05, 3.63) is 39.4 Å². The molecule has 0 aromatic heterocycles. The molecule has 0 bridgehead atoms. The number of rotatable bonds is 3. The van der Waals surface area contributed by atoms with E-state index in [1.165, 1.54) is 6.07 Å². The molecule has 2 rings (SSSR count). The summed E-state index contributed by atoms with van der Waals surface area (Å²) in [5.41, 5.74) is 6.46. The first-order valence-corrected chi connectivity index (χ1v) is 6.27. The van der Waals surface area contributed by atoms with Gasteiger partial charge in [0.1, 0.15) is 5.56 Å². The number of aryl methyl sites for hydroxylation is 1. The van der Waals surface area contributed by atoms with Gasteiger partial charge in [0.05, 0.1) is 4.92 Å². The zero-order valence-corrected chi connectivity index (χ0v) is 12.1. The molecule has 1 saturated heterocycles. The molecule has 20 heavy (non-hydrogen) atoms. The minimum Gasteiger partial charge on any atom is -0.338 e. The molecule has 1 aliphatic rings. The number of amides is 1. The van der Waals surface area contributed by atoms with Gasteiger partial charge in [0, 0.05) is 19.2 Å². The molecule has 0 spiro atoms. The van der Waals surface area contributed by atoms with Crippen molar-refractivity contribution >= 4 is 24.0 Å². The van der Waals surface area contributed by atoms with Crippen LogP contribution in [-0.4, -0.2) is 35.4 Å². The van der Waals surface area contributed by atoms with E-state index in [1.807, 2.05) is 6.92 Å². The maximum atomic E-state index is 12.4. The number of hydrogen-bond acceptors (Lipinski definition) is 4. The monoisotopic (exact) mass is 299 g/mol. The molecule has 1 fully saturated rings. The minimum absolute atomic E-state index is 0. The number of nitro benzene ring substituents is 1. The van der Waals surface area contributed by atoms with E-state index in [4.69, 9.17) is 5.73 Å². The molecule has 1 aliphatic heterocycles. The van der Waals surface area contributed by atoms with Crippen molar-refractivity contribution in [1.82, 2.24) is 4.90 Å². The number of halogens is 1. The lowest BCUT2D eigenvalue weighted by atomic mass is 10.1. The predicted octanol–water partition coefficient (Wildman–Crippen LogP) is 1.75. The number of likely N-dealkylation sites (tertiary alicyclic amines) is 1. The topological polar surface area (TPSA) is 89.5 Å². The van der Waals surface area contributed by atoms with Gasteiger partial charge in [-0.3, -0.25) is 14.9 Å². The van der Waals surface area contributed by atoms with Gasteiger partial charge >= 0.3 is 0 Å². The summed E-state index contributed by atoms with van der Waals surface area (Å²) in [5.74, 6) is 0.0270. The molecule has 0 saturated carbocycles. The maximum absolute atomic E-state index is 12.4. The molecule has 1 unspecified atom stereocenters. The number of carbonyl (C=O) groups is 1. The highest BCUT2D eigenvalue weighted by Crippen LogP contribution is 2.24. The van der Waals surface area contributed by atoms with Gasteiger partial charge in [-0.2, -0.15) is 0 Å². The van der Waals surface area contributed by atoms with E-state index in [-0.39, 0.29) is 29.6 Å². The van der Waals surface area contributed by atoms with Crippen LogP contribution in [0.3, 0.4) is 0 Å². The summed E-state index contributed by atoms with van der Waals surface area (Å²) in [6.07, 6.45) is 0.863. The first-order valence-electron chi connectivity index (χ1n) is 6.27. The van der Waals surface area contributed by atoms with E-state index in [0.29, 0.717) is 25.6 Å². The van der Waals surface area contributed by atoms with Crippen molar-refractivity contribution in [2.75, 3.05) is 19.6 Å². The lowest BCUT2D eigenvalue weighted by molar-refractivity contribution is -0.385. The van der Waals surface area contributed by atoms with Crippen LogP contribution in [0.25, 0.3) is 0 Å². The molecule has 1 aromatic carbocycles. The molecule has 0 radical (unpaired) electrons. The summed E-state index contributed by atoms with van der Waals surface area (Å²) in [5, 5.41) is 11.0. The van der Waals surface area contributed by atoms with Gasteiger partial charge in [-0.05, 0) is 37.4 Å². The second-order valence-corrected chi connectivity index (χ2v) is 4.92. The van der Waals surface area contributed by atoms with Crippen molar-refractivity contribution < 1.29 is 9.72 Å². The Labute approximate surface area is 123 Å². The second-order valence-electron chi connectivity index (χ2n) is 4.92. The van der Waals surface area contributed by atoms with Crippen LogP contribution in [0.4, 0.5) is 5.69 Å². The van der Waals surface area contributed by atoms with Crippen LogP contribution in [0.1, 0.15) is 22.3 Å². The van der Waals surface area contributed by atoms with Gasteiger partial charge in [0.15, 0.2) is 0 Å². The molecule has 7 heteroatoms. The number of nitrogens with two attached hydrogens (primary N) is 1. The summed E-state index contributed by atoms with van der Waals surface area (Å²) in [6, 6.07) is 4.61. The zero-order valence-electron chi connectivity index (χ0n) is 11.2. The molecule has 110 valence electrons. The fourth-order valence-electron chi connectivity index (χ4n) is 2.36. The highest BCUT2D eigenvalue weighted by atomic mass is 35.5. The Morgan fingerprint density at radius 3 is 2.80 bits per heavy atom. The number of benzene rings is 1. The molecule has 1 atom stereocenters. The first kappa shape index (κ1) is 16.4. The van der Waals surface area contributed by atoms with Crippen LogP contribution in [0, 0.1) is 23.0 Å². The van der Waals surface area contributed by atoms with Crippen LogP contribution in [0.15, 0.2) is 18.2 Å². The van der Waals surface area contributed by atoms with Gasteiger partial charge in [0.2, 0.25) is 0 Å². The highest BCUT2D eigenvalue weighted by molar-refractivity contribution is 5.98. The molecule has 1 aromatic rings. The number of hydrogen-bond donors (Lipinski definition) is 1. The van der Waals surface area contributed by atoms with Crippen molar-refractivity contribution in [1.29, 1.82) is 0 Å². The molecule has 6 nitrogen and oxygen atoms in total. The van der Waals surface area contributed by atoms with Gasteiger partial charge in [-0.1, -0.05) is 6.07 Å². The van der Waals surface area contributed by atoms with E-state index in [0.717, 1.165) is 12.0 Å². The van der Waals surface area contributed by atoms with Crippen molar-refractivity contribution in [3.8, 4) is 0 Å². The molecule has 1 heterocycles. The normalized spacial score (nSPS) is 17.7. The third kappa shape index (κ3) is 3.26. The standard InChI is InChI=1S/C13H17N3O3.ClH/c1-9-2-3-12(16(18)19)11(6-9)13(17)15-5-4-10(7-14)8-15;/h2-3,6,10H,4-5,7-8,14H2,1H3;1H. The van der Waals surface area contributed by atoms with Gasteiger partial charge < -0.3 is 10.6 Å². The first-order chi connectivity index (χ1) is 9.02. The Balaban J connectivity index is 0.00000200.